The molecule has 0 fully saturated rings. The molecule has 3 aromatic carbocycles. The first kappa shape index (κ1) is 24.4. The van der Waals surface area contributed by atoms with E-state index in [4.69, 9.17) is 4.74 Å². The molecule has 0 radical (unpaired) electrons. The first-order valence-corrected chi connectivity index (χ1v) is 11.6. The second kappa shape index (κ2) is 10.6. The second-order valence-corrected chi connectivity index (χ2v) is 8.77. The number of hydrogen-bond acceptors (Lipinski definition) is 7. The van der Waals surface area contributed by atoms with Gasteiger partial charge in [0, 0.05) is 12.1 Å². The van der Waals surface area contributed by atoms with Gasteiger partial charge in [0.2, 0.25) is 5.91 Å². The molecular formula is C23H21N3O7S. The topological polar surface area (TPSA) is 136 Å². The third kappa shape index (κ3) is 5.56. The van der Waals surface area contributed by atoms with E-state index >= 15 is 0 Å². The third-order valence-corrected chi connectivity index (χ3v) is 6.45. The van der Waals surface area contributed by atoms with Gasteiger partial charge in [-0.3, -0.25) is 19.2 Å². The molecule has 0 aliphatic heterocycles. The van der Waals surface area contributed by atoms with E-state index in [1.807, 2.05) is 0 Å². The molecule has 1 amide bonds. The van der Waals surface area contributed by atoms with Crippen molar-refractivity contribution in [3.8, 4) is 0 Å². The highest BCUT2D eigenvalue weighted by atomic mass is 32.2. The molecule has 10 nitrogen and oxygen atoms in total. The quantitative estimate of drug-likeness (QED) is 0.279. The highest BCUT2D eigenvalue weighted by Gasteiger charge is 2.28. The lowest BCUT2D eigenvalue weighted by molar-refractivity contribution is -0.384. The number of nitrogens with zero attached hydrogens (tertiary/aromatic N) is 2. The lowest BCUT2D eigenvalue weighted by atomic mass is 10.2. The monoisotopic (exact) mass is 483 g/mol. The van der Waals surface area contributed by atoms with Crippen molar-refractivity contribution in [1.29, 1.82) is 0 Å². The molecule has 0 aliphatic carbocycles. The number of nitrogens with one attached hydrogen (secondary N) is 1. The molecule has 0 unspecified atom stereocenters. The van der Waals surface area contributed by atoms with Crippen LogP contribution in [0.1, 0.15) is 17.3 Å². The Hall–Kier alpha value is -4.25. The minimum Gasteiger partial charge on any atom is -0.462 e. The molecule has 176 valence electrons. The molecule has 0 bridgehead atoms. The van der Waals surface area contributed by atoms with E-state index in [2.05, 4.69) is 5.32 Å². The van der Waals surface area contributed by atoms with Crippen molar-refractivity contribution < 1.29 is 27.7 Å². The number of non-ortho nitro benzene ring substituents is 1. The fraction of sp³-hybridized carbons (Fsp3) is 0.130. The Bertz CT molecular complexity index is 1290. The second-order valence-electron chi connectivity index (χ2n) is 6.91. The van der Waals surface area contributed by atoms with Crippen LogP contribution in [0, 0.1) is 10.1 Å². The SMILES string of the molecule is CCOC(=O)c1ccccc1NC(=O)CN(c1ccc([N+](=O)[O-])cc1)S(=O)(=O)c1ccccc1. The fourth-order valence-corrected chi connectivity index (χ4v) is 4.52. The molecule has 34 heavy (non-hydrogen) atoms. The number of hydrogen-bond donors (Lipinski definition) is 1. The molecule has 0 aliphatic rings. The van der Waals surface area contributed by atoms with E-state index in [0.29, 0.717) is 0 Å². The van der Waals surface area contributed by atoms with Crippen LogP contribution in [0.15, 0.2) is 83.8 Å². The van der Waals surface area contributed by atoms with Crippen LogP contribution < -0.4 is 9.62 Å². The van der Waals surface area contributed by atoms with Crippen molar-refractivity contribution in [2.24, 2.45) is 0 Å². The zero-order valence-electron chi connectivity index (χ0n) is 18.1. The first-order chi connectivity index (χ1) is 16.2. The molecule has 0 atom stereocenters. The maximum Gasteiger partial charge on any atom is 0.340 e. The third-order valence-electron chi connectivity index (χ3n) is 4.66. The lowest BCUT2D eigenvalue weighted by Gasteiger charge is -2.24. The van der Waals surface area contributed by atoms with E-state index in [1.165, 1.54) is 48.5 Å². The van der Waals surface area contributed by atoms with Gasteiger partial charge in [-0.2, -0.15) is 0 Å². The summed E-state index contributed by atoms with van der Waals surface area (Å²) in [6.45, 7) is 1.15. The first-order valence-electron chi connectivity index (χ1n) is 10.1. The van der Waals surface area contributed by atoms with Gasteiger partial charge in [0.25, 0.3) is 15.7 Å². The van der Waals surface area contributed by atoms with Gasteiger partial charge in [-0.05, 0) is 43.3 Å². The van der Waals surface area contributed by atoms with Crippen molar-refractivity contribution in [1.82, 2.24) is 0 Å². The largest absolute Gasteiger partial charge is 0.462 e. The molecule has 0 saturated heterocycles. The Labute approximate surface area is 196 Å². The van der Waals surface area contributed by atoms with Gasteiger partial charge in [0.05, 0.1) is 33.4 Å². The summed E-state index contributed by atoms with van der Waals surface area (Å²) >= 11 is 0. The Morgan fingerprint density at radius 2 is 1.59 bits per heavy atom. The van der Waals surface area contributed by atoms with E-state index in [0.717, 1.165) is 16.4 Å². The van der Waals surface area contributed by atoms with Crippen LogP contribution in [-0.2, 0) is 19.6 Å². The molecule has 0 aromatic heterocycles. The predicted octanol–water partition coefficient (Wildman–Crippen LogP) is 3.61. The minimum absolute atomic E-state index is 0.0586. The van der Waals surface area contributed by atoms with Crippen LogP contribution in [0.3, 0.4) is 0 Å². The average molecular weight is 484 g/mol. The van der Waals surface area contributed by atoms with E-state index in [-0.39, 0.29) is 34.1 Å². The molecule has 1 N–H and O–H groups in total. The van der Waals surface area contributed by atoms with Crippen molar-refractivity contribution in [2.45, 2.75) is 11.8 Å². The van der Waals surface area contributed by atoms with Gasteiger partial charge in [0.15, 0.2) is 0 Å². The number of rotatable bonds is 9. The Morgan fingerprint density at radius 1 is 0.971 bits per heavy atom. The van der Waals surface area contributed by atoms with Gasteiger partial charge in [-0.1, -0.05) is 30.3 Å². The van der Waals surface area contributed by atoms with Gasteiger partial charge >= 0.3 is 5.97 Å². The number of carbonyl (C=O) groups is 2. The maximum atomic E-state index is 13.3. The molecule has 0 saturated carbocycles. The van der Waals surface area contributed by atoms with Crippen LogP contribution in [0.4, 0.5) is 17.1 Å². The summed E-state index contributed by atoms with van der Waals surface area (Å²) in [5.74, 6) is -1.36. The number of sulfonamides is 1. The summed E-state index contributed by atoms with van der Waals surface area (Å²) in [5.41, 5.74) is 0.106. The van der Waals surface area contributed by atoms with E-state index in [1.54, 1.807) is 25.1 Å². The number of benzene rings is 3. The standard InChI is InChI=1S/C23H21N3O7S/c1-2-33-23(28)20-10-6-7-11-21(20)24-22(27)16-25(17-12-14-18(15-13-17)26(29)30)34(31,32)19-8-4-3-5-9-19/h3-15H,2,16H2,1H3,(H,24,27). The fourth-order valence-electron chi connectivity index (χ4n) is 3.07. The van der Waals surface area contributed by atoms with Gasteiger partial charge in [-0.25, -0.2) is 13.2 Å². The predicted molar refractivity (Wildman–Crippen MR) is 125 cm³/mol. The Morgan fingerprint density at radius 3 is 2.21 bits per heavy atom. The van der Waals surface area contributed by atoms with Gasteiger partial charge in [-0.15, -0.1) is 0 Å². The summed E-state index contributed by atoms with van der Waals surface area (Å²) in [7, 11) is -4.20. The van der Waals surface area contributed by atoms with Gasteiger partial charge < -0.3 is 10.1 Å². The summed E-state index contributed by atoms with van der Waals surface area (Å²) in [5, 5.41) is 13.5. The molecular weight excluding hydrogens is 462 g/mol. The maximum absolute atomic E-state index is 13.3. The normalized spacial score (nSPS) is 10.9. The van der Waals surface area contributed by atoms with E-state index in [9.17, 15) is 28.1 Å². The molecule has 0 spiro atoms. The lowest BCUT2D eigenvalue weighted by Crippen LogP contribution is -2.38. The Balaban J connectivity index is 1.94. The van der Waals surface area contributed by atoms with Crippen LogP contribution in [0.2, 0.25) is 0 Å². The number of para-hydroxylation sites is 1. The number of amides is 1. The van der Waals surface area contributed by atoms with Crippen molar-refractivity contribution in [3.63, 3.8) is 0 Å². The van der Waals surface area contributed by atoms with Crippen LogP contribution >= 0.6 is 0 Å². The summed E-state index contributed by atoms with van der Waals surface area (Å²) in [4.78, 5) is 35.4. The van der Waals surface area contributed by atoms with Crippen molar-refractivity contribution >= 4 is 39.0 Å². The number of anilines is 2. The van der Waals surface area contributed by atoms with Crippen LogP contribution in [0.5, 0.6) is 0 Å². The van der Waals surface area contributed by atoms with E-state index < -0.39 is 33.4 Å². The number of carbonyl (C=O) groups excluding carboxylic acids is 2. The zero-order chi connectivity index (χ0) is 24.7. The average Bonchev–Trinajstić information content (AvgIpc) is 2.83. The number of esters is 1. The van der Waals surface area contributed by atoms with Crippen LogP contribution in [0.25, 0.3) is 0 Å². The highest BCUT2D eigenvalue weighted by molar-refractivity contribution is 7.92. The minimum atomic E-state index is -4.20. The number of nitro benzene ring substituents is 1. The molecule has 3 rings (SSSR count). The molecule has 11 heteroatoms. The zero-order valence-corrected chi connectivity index (χ0v) is 18.9. The van der Waals surface area contributed by atoms with Crippen molar-refractivity contribution in [2.75, 3.05) is 22.8 Å². The van der Waals surface area contributed by atoms with Crippen molar-refractivity contribution in [3.05, 3.63) is 94.5 Å². The summed E-state index contributed by atoms with van der Waals surface area (Å²) < 4.78 is 32.5. The highest BCUT2D eigenvalue weighted by Crippen LogP contribution is 2.26. The van der Waals surface area contributed by atoms with Gasteiger partial charge in [0.1, 0.15) is 6.54 Å². The number of nitro groups is 1. The summed E-state index contributed by atoms with van der Waals surface area (Å²) in [6, 6.07) is 18.4. The van der Waals surface area contributed by atoms with Crippen LogP contribution in [-0.4, -0.2) is 38.4 Å². The number of ether oxygens (including phenoxy) is 1. The Kier molecular flexibility index (Phi) is 7.59. The smallest absolute Gasteiger partial charge is 0.340 e. The molecule has 0 heterocycles. The molecule has 3 aromatic rings. The summed E-state index contributed by atoms with van der Waals surface area (Å²) in [6.07, 6.45) is 0.